The number of carboxylic acids is 1. The number of halogens is 2. The van der Waals surface area contributed by atoms with Crippen molar-refractivity contribution in [3.05, 3.63) is 101 Å². The number of allylic oxidation sites excluding steroid dienone is 2. The zero-order valence-electron chi connectivity index (χ0n) is 23.0. The van der Waals surface area contributed by atoms with E-state index in [9.17, 15) is 23.2 Å². The van der Waals surface area contributed by atoms with E-state index < -0.39 is 24.3 Å². The lowest BCUT2D eigenvalue weighted by molar-refractivity contribution is -0.163. The highest BCUT2D eigenvalue weighted by molar-refractivity contribution is 6.02. The molecule has 0 spiro atoms. The summed E-state index contributed by atoms with van der Waals surface area (Å²) in [5, 5.41) is 13.5. The third kappa shape index (κ3) is 7.78. The average molecular weight is 562 g/mol. The summed E-state index contributed by atoms with van der Waals surface area (Å²) in [5.41, 5.74) is 6.63. The lowest BCUT2D eigenvalue weighted by atomic mass is 9.93. The van der Waals surface area contributed by atoms with Gasteiger partial charge in [-0.3, -0.25) is 9.69 Å². The van der Waals surface area contributed by atoms with Crippen molar-refractivity contribution in [1.82, 2.24) is 5.32 Å². The van der Waals surface area contributed by atoms with Gasteiger partial charge in [-0.05, 0) is 104 Å². The summed E-state index contributed by atoms with van der Waals surface area (Å²) in [6.07, 6.45) is 6.72. The molecule has 0 atom stereocenters. The zero-order valence-corrected chi connectivity index (χ0v) is 23.0. The molecule has 0 heterocycles. The van der Waals surface area contributed by atoms with Gasteiger partial charge in [-0.15, -0.1) is 0 Å². The Morgan fingerprint density at radius 1 is 0.927 bits per heavy atom. The van der Waals surface area contributed by atoms with Crippen LogP contribution in [0.3, 0.4) is 0 Å². The van der Waals surface area contributed by atoms with Crippen molar-refractivity contribution in [2.45, 2.75) is 52.0 Å². The number of carbonyl (C=O) groups is 3. The van der Waals surface area contributed by atoms with Crippen LogP contribution in [0.5, 0.6) is 0 Å². The van der Waals surface area contributed by atoms with Crippen LogP contribution in [0.1, 0.15) is 58.3 Å². The van der Waals surface area contributed by atoms with Crippen LogP contribution in [-0.2, 0) is 11.3 Å². The maximum atomic E-state index is 13.6. The largest absolute Gasteiger partial charge is 0.477 e. The van der Waals surface area contributed by atoms with Crippen molar-refractivity contribution >= 4 is 34.9 Å². The number of hydrogen-bond donors (Lipinski definition) is 3. The molecular formula is C32H33F2N3O4. The SMILES string of the molecule is Cc1cc(C)cc(NC(=O)N(Cc2ccc(C(=O)NCC(F)(F)C(=O)O)cc2)c2ccc(C3=CCCCC3)cc2)c1. The number of amides is 3. The lowest BCUT2D eigenvalue weighted by Crippen LogP contribution is -2.42. The van der Waals surface area contributed by atoms with Gasteiger partial charge in [0.05, 0.1) is 13.1 Å². The maximum Gasteiger partial charge on any atom is 0.376 e. The Labute approximate surface area is 237 Å². The van der Waals surface area contributed by atoms with Gasteiger partial charge < -0.3 is 15.7 Å². The molecule has 3 N–H and O–H groups in total. The molecule has 9 heteroatoms. The molecular weight excluding hydrogens is 528 g/mol. The van der Waals surface area contributed by atoms with Gasteiger partial charge in [-0.2, -0.15) is 8.78 Å². The molecule has 3 aromatic carbocycles. The molecule has 0 unspecified atom stereocenters. The summed E-state index contributed by atoms with van der Waals surface area (Å²) in [6, 6.07) is 19.5. The highest BCUT2D eigenvalue weighted by Crippen LogP contribution is 2.29. The second-order valence-electron chi connectivity index (χ2n) is 10.3. The molecule has 0 aliphatic heterocycles. The molecule has 0 bridgehead atoms. The number of aliphatic carboxylic acids is 1. The highest BCUT2D eigenvalue weighted by atomic mass is 19.3. The van der Waals surface area contributed by atoms with Gasteiger partial charge in [0.2, 0.25) is 0 Å². The van der Waals surface area contributed by atoms with Crippen LogP contribution < -0.4 is 15.5 Å². The van der Waals surface area contributed by atoms with Gasteiger partial charge in [0.1, 0.15) is 0 Å². The summed E-state index contributed by atoms with van der Waals surface area (Å²) in [6.45, 7) is 2.78. The number of rotatable bonds is 9. The second-order valence-corrected chi connectivity index (χ2v) is 10.3. The smallest absolute Gasteiger partial charge is 0.376 e. The fourth-order valence-corrected chi connectivity index (χ4v) is 4.79. The number of urea groups is 1. The van der Waals surface area contributed by atoms with Gasteiger partial charge in [-0.25, -0.2) is 9.59 Å². The third-order valence-corrected chi connectivity index (χ3v) is 6.90. The van der Waals surface area contributed by atoms with E-state index in [4.69, 9.17) is 5.11 Å². The fourth-order valence-electron chi connectivity index (χ4n) is 4.79. The molecule has 1 aliphatic rings. The van der Waals surface area contributed by atoms with Crippen LogP contribution in [0.15, 0.2) is 72.8 Å². The van der Waals surface area contributed by atoms with Crippen LogP contribution in [-0.4, -0.2) is 35.5 Å². The molecule has 3 amide bonds. The number of nitrogens with zero attached hydrogens (tertiary/aromatic N) is 1. The molecule has 214 valence electrons. The van der Waals surface area contributed by atoms with E-state index in [1.165, 1.54) is 24.1 Å². The Balaban J connectivity index is 1.54. The quantitative estimate of drug-likeness (QED) is 0.263. The maximum absolute atomic E-state index is 13.6. The Kier molecular flexibility index (Phi) is 9.17. The molecule has 0 fully saturated rings. The first-order valence-electron chi connectivity index (χ1n) is 13.5. The Morgan fingerprint density at radius 3 is 2.17 bits per heavy atom. The van der Waals surface area contributed by atoms with Crippen molar-refractivity contribution in [2.24, 2.45) is 0 Å². The van der Waals surface area contributed by atoms with E-state index in [0.29, 0.717) is 16.9 Å². The number of hydrogen-bond acceptors (Lipinski definition) is 3. The second kappa shape index (κ2) is 12.8. The molecule has 41 heavy (non-hydrogen) atoms. The van der Waals surface area contributed by atoms with Crippen LogP contribution in [0, 0.1) is 13.8 Å². The van der Waals surface area contributed by atoms with E-state index in [1.54, 1.807) is 17.0 Å². The predicted molar refractivity (Wildman–Crippen MR) is 155 cm³/mol. The molecule has 0 saturated carbocycles. The van der Waals surface area contributed by atoms with Crippen molar-refractivity contribution in [2.75, 3.05) is 16.8 Å². The Hall–Kier alpha value is -4.53. The third-order valence-electron chi connectivity index (χ3n) is 6.90. The molecule has 4 rings (SSSR count). The summed E-state index contributed by atoms with van der Waals surface area (Å²) in [5.74, 6) is -7.20. The van der Waals surface area contributed by atoms with Gasteiger partial charge in [0.25, 0.3) is 5.91 Å². The molecule has 7 nitrogen and oxygen atoms in total. The predicted octanol–water partition coefficient (Wildman–Crippen LogP) is 6.95. The minimum absolute atomic E-state index is 0.0892. The Bertz CT molecular complexity index is 1430. The van der Waals surface area contributed by atoms with E-state index in [0.717, 1.165) is 36.0 Å². The molecule has 3 aromatic rings. The fraction of sp³-hybridized carbons (Fsp3) is 0.281. The summed E-state index contributed by atoms with van der Waals surface area (Å²) in [4.78, 5) is 38.0. The number of nitrogens with one attached hydrogen (secondary N) is 2. The standard InChI is InChI=1S/C32H33F2N3O4/c1-21-16-22(2)18-27(17-21)36-31(41)37(28-14-12-25(13-15-28)24-6-4-3-5-7-24)19-23-8-10-26(11-9-23)29(38)35-20-32(33,34)30(39)40/h6,8-18H,3-5,7,19-20H2,1-2H3,(H,35,38)(H,36,41)(H,39,40). The van der Waals surface area contributed by atoms with Crippen LogP contribution >= 0.6 is 0 Å². The van der Waals surface area contributed by atoms with Gasteiger partial charge in [-0.1, -0.05) is 36.4 Å². The van der Waals surface area contributed by atoms with E-state index in [1.807, 2.05) is 61.6 Å². The zero-order chi connectivity index (χ0) is 29.6. The van der Waals surface area contributed by atoms with E-state index in [-0.39, 0.29) is 18.1 Å². The first kappa shape index (κ1) is 29.5. The van der Waals surface area contributed by atoms with Crippen molar-refractivity contribution < 1.29 is 28.3 Å². The van der Waals surface area contributed by atoms with Crippen molar-refractivity contribution in [3.63, 3.8) is 0 Å². The average Bonchev–Trinajstić information content (AvgIpc) is 2.95. The number of benzene rings is 3. The molecule has 0 saturated heterocycles. The first-order chi connectivity index (χ1) is 19.5. The van der Waals surface area contributed by atoms with Crippen LogP contribution in [0.4, 0.5) is 25.0 Å². The molecule has 0 radical (unpaired) electrons. The number of carboxylic acid groups (broad SMARTS) is 1. The number of aryl methyl sites for hydroxylation is 2. The lowest BCUT2D eigenvalue weighted by Gasteiger charge is -2.24. The van der Waals surface area contributed by atoms with E-state index in [2.05, 4.69) is 11.4 Å². The van der Waals surface area contributed by atoms with Gasteiger partial charge in [0.15, 0.2) is 0 Å². The minimum Gasteiger partial charge on any atom is -0.477 e. The van der Waals surface area contributed by atoms with Crippen LogP contribution in [0.25, 0.3) is 5.57 Å². The monoisotopic (exact) mass is 561 g/mol. The number of anilines is 2. The van der Waals surface area contributed by atoms with Gasteiger partial charge >= 0.3 is 17.9 Å². The summed E-state index contributed by atoms with van der Waals surface area (Å²) in [7, 11) is 0. The normalized spacial score (nSPS) is 13.2. The number of alkyl halides is 2. The van der Waals surface area contributed by atoms with Crippen molar-refractivity contribution in [3.8, 4) is 0 Å². The summed E-state index contributed by atoms with van der Waals surface area (Å²) < 4.78 is 26.7. The topological polar surface area (TPSA) is 98.7 Å². The van der Waals surface area contributed by atoms with Gasteiger partial charge in [0, 0.05) is 16.9 Å². The van der Waals surface area contributed by atoms with Crippen molar-refractivity contribution in [1.29, 1.82) is 0 Å². The first-order valence-corrected chi connectivity index (χ1v) is 13.5. The van der Waals surface area contributed by atoms with E-state index >= 15 is 0 Å². The molecule has 0 aromatic heterocycles. The minimum atomic E-state index is -4.07. The Morgan fingerprint density at radius 2 is 1.59 bits per heavy atom. The van der Waals surface area contributed by atoms with Crippen LogP contribution in [0.2, 0.25) is 0 Å². The number of carbonyl (C=O) groups excluding carboxylic acids is 2. The highest BCUT2D eigenvalue weighted by Gasteiger charge is 2.39. The summed E-state index contributed by atoms with van der Waals surface area (Å²) >= 11 is 0. The molecule has 1 aliphatic carbocycles.